The highest BCUT2D eigenvalue weighted by atomic mass is 16.6. The molecule has 12 nitrogen and oxygen atoms in total. The monoisotopic (exact) mass is 479 g/mol. The van der Waals surface area contributed by atoms with Gasteiger partial charge in [0.05, 0.1) is 18.1 Å². The van der Waals surface area contributed by atoms with Crippen molar-refractivity contribution in [1.82, 2.24) is 25.5 Å². The molecular formula is C22H33N5O7. The number of ether oxygens (including phenoxy) is 2. The van der Waals surface area contributed by atoms with Crippen LogP contribution in [0.3, 0.4) is 0 Å². The average molecular weight is 480 g/mol. The summed E-state index contributed by atoms with van der Waals surface area (Å²) >= 11 is 0. The number of likely N-dealkylation sites (N-methyl/N-ethyl adjacent to an activating group) is 1. The predicted octanol–water partition coefficient (Wildman–Crippen LogP) is -0.589. The Morgan fingerprint density at radius 1 is 1.21 bits per heavy atom. The second-order valence-corrected chi connectivity index (χ2v) is 7.73. The number of aromatic nitrogens is 2. The van der Waals surface area contributed by atoms with E-state index in [9.17, 15) is 24.0 Å². The lowest BCUT2D eigenvalue weighted by molar-refractivity contribution is -0.153. The normalized spacial score (nSPS) is 19.8. The quantitative estimate of drug-likeness (QED) is 0.176. The Morgan fingerprint density at radius 3 is 2.65 bits per heavy atom. The van der Waals surface area contributed by atoms with Gasteiger partial charge >= 0.3 is 11.7 Å². The Kier molecular flexibility index (Phi) is 10.7. The third-order valence-electron chi connectivity index (χ3n) is 5.19. The van der Waals surface area contributed by atoms with Crippen molar-refractivity contribution in [3.05, 3.63) is 38.7 Å². The third-order valence-corrected chi connectivity index (χ3v) is 5.19. The molecule has 0 spiro atoms. The molecule has 1 saturated heterocycles. The van der Waals surface area contributed by atoms with E-state index in [-0.39, 0.29) is 36.6 Å². The summed E-state index contributed by atoms with van der Waals surface area (Å²) < 4.78 is 12.6. The summed E-state index contributed by atoms with van der Waals surface area (Å²) in [7, 11) is 1.76. The lowest BCUT2D eigenvalue weighted by Gasteiger charge is -2.17. The van der Waals surface area contributed by atoms with Gasteiger partial charge < -0.3 is 25.4 Å². The molecule has 12 heteroatoms. The molecule has 0 unspecified atom stereocenters. The van der Waals surface area contributed by atoms with Crippen molar-refractivity contribution >= 4 is 23.9 Å². The van der Waals surface area contributed by atoms with Crippen molar-refractivity contribution in [2.45, 2.75) is 58.0 Å². The lowest BCUT2D eigenvalue weighted by Crippen LogP contribution is -2.33. The molecular weight excluding hydrogens is 446 g/mol. The van der Waals surface area contributed by atoms with E-state index in [2.05, 4.69) is 20.9 Å². The lowest BCUT2D eigenvalue weighted by atomic mass is 10.1. The van der Waals surface area contributed by atoms with Crippen LogP contribution in [0.5, 0.6) is 0 Å². The molecule has 1 fully saturated rings. The van der Waals surface area contributed by atoms with Crippen LogP contribution in [0.1, 0.15) is 51.3 Å². The van der Waals surface area contributed by atoms with E-state index < -0.39 is 35.7 Å². The van der Waals surface area contributed by atoms with E-state index in [4.69, 9.17) is 9.47 Å². The van der Waals surface area contributed by atoms with Crippen molar-refractivity contribution in [3.8, 4) is 0 Å². The number of carbonyl (C=O) groups is 3. The molecule has 34 heavy (non-hydrogen) atoms. The summed E-state index contributed by atoms with van der Waals surface area (Å²) in [5.41, 5.74) is -1.22. The number of nitrogens with zero attached hydrogens (tertiary/aromatic N) is 1. The van der Waals surface area contributed by atoms with Crippen molar-refractivity contribution in [2.75, 3.05) is 26.7 Å². The summed E-state index contributed by atoms with van der Waals surface area (Å²) in [5, 5.41) is 8.16. The highest BCUT2D eigenvalue weighted by molar-refractivity contribution is 5.91. The summed E-state index contributed by atoms with van der Waals surface area (Å²) in [5.74, 6) is -1.14. The Hall–Kier alpha value is -3.25. The second-order valence-electron chi connectivity index (χ2n) is 7.73. The maximum absolute atomic E-state index is 12.4. The minimum absolute atomic E-state index is 0.0259. The fourth-order valence-electron chi connectivity index (χ4n) is 3.46. The van der Waals surface area contributed by atoms with E-state index in [1.54, 1.807) is 14.0 Å². The Bertz CT molecular complexity index is 1000. The van der Waals surface area contributed by atoms with Gasteiger partial charge in [0.1, 0.15) is 12.3 Å². The van der Waals surface area contributed by atoms with Crippen LogP contribution < -0.4 is 27.2 Å². The van der Waals surface area contributed by atoms with Crippen molar-refractivity contribution < 1.29 is 23.9 Å². The summed E-state index contributed by atoms with van der Waals surface area (Å²) in [6.45, 7) is 5.15. The number of amides is 2. The van der Waals surface area contributed by atoms with Gasteiger partial charge in [-0.1, -0.05) is 6.92 Å². The molecule has 1 aliphatic heterocycles. The van der Waals surface area contributed by atoms with Crippen molar-refractivity contribution in [3.63, 3.8) is 0 Å². The van der Waals surface area contributed by atoms with Gasteiger partial charge in [0, 0.05) is 44.7 Å². The number of aromatic amines is 1. The maximum atomic E-state index is 12.4. The molecule has 0 radical (unpaired) electrons. The predicted molar refractivity (Wildman–Crippen MR) is 124 cm³/mol. The molecule has 0 bridgehead atoms. The van der Waals surface area contributed by atoms with Crippen LogP contribution in [-0.2, 0) is 23.9 Å². The van der Waals surface area contributed by atoms with E-state index in [0.717, 1.165) is 0 Å². The maximum Gasteiger partial charge on any atom is 0.330 e. The second kappa shape index (κ2) is 13.5. The minimum Gasteiger partial charge on any atom is -0.459 e. The van der Waals surface area contributed by atoms with Gasteiger partial charge in [-0.05, 0) is 26.5 Å². The molecule has 2 heterocycles. The van der Waals surface area contributed by atoms with Gasteiger partial charge in [-0.25, -0.2) is 4.79 Å². The molecule has 0 aliphatic carbocycles. The number of rotatable bonds is 12. The highest BCUT2D eigenvalue weighted by Crippen LogP contribution is 2.31. The van der Waals surface area contributed by atoms with Crippen molar-refractivity contribution in [1.29, 1.82) is 0 Å². The number of H-pyrrole nitrogens is 1. The molecule has 2 amide bonds. The number of hydrogen-bond donors (Lipinski definition) is 4. The smallest absolute Gasteiger partial charge is 0.330 e. The van der Waals surface area contributed by atoms with Crippen molar-refractivity contribution in [2.24, 2.45) is 0 Å². The number of carbonyl (C=O) groups excluding carboxylic acids is 3. The molecule has 0 aromatic carbocycles. The summed E-state index contributed by atoms with van der Waals surface area (Å²) in [6.07, 6.45) is 2.70. The summed E-state index contributed by atoms with van der Waals surface area (Å²) in [6, 6.07) is 0. The zero-order valence-corrected chi connectivity index (χ0v) is 19.7. The first-order valence-corrected chi connectivity index (χ1v) is 11.4. The highest BCUT2D eigenvalue weighted by Gasteiger charge is 2.38. The molecule has 1 aromatic heterocycles. The number of esters is 1. The Labute approximate surface area is 197 Å². The minimum atomic E-state index is -0.771. The van der Waals surface area contributed by atoms with E-state index in [1.807, 2.05) is 6.92 Å². The van der Waals surface area contributed by atoms with Crippen LogP contribution >= 0.6 is 0 Å². The number of hydrogen-bond acceptors (Lipinski definition) is 8. The third kappa shape index (κ3) is 7.96. The molecule has 3 atom stereocenters. The zero-order valence-electron chi connectivity index (χ0n) is 19.7. The fraction of sp³-hybridized carbons (Fsp3) is 0.591. The van der Waals surface area contributed by atoms with Gasteiger partial charge in [-0.2, -0.15) is 0 Å². The fourth-order valence-corrected chi connectivity index (χ4v) is 3.46. The Morgan fingerprint density at radius 2 is 1.97 bits per heavy atom. The topological polar surface area (TPSA) is 161 Å². The van der Waals surface area contributed by atoms with Crippen LogP contribution in [0.2, 0.25) is 0 Å². The van der Waals surface area contributed by atoms with Gasteiger partial charge in [0.15, 0.2) is 0 Å². The molecule has 1 aromatic rings. The molecule has 1 aliphatic rings. The zero-order chi connectivity index (χ0) is 25.1. The van der Waals surface area contributed by atoms with E-state index >= 15 is 0 Å². The molecule has 0 saturated carbocycles. The van der Waals surface area contributed by atoms with Crippen LogP contribution in [0, 0.1) is 0 Å². The van der Waals surface area contributed by atoms with Gasteiger partial charge in [0.2, 0.25) is 11.8 Å². The van der Waals surface area contributed by atoms with Gasteiger partial charge in [-0.15, -0.1) is 0 Å². The number of nitrogens with one attached hydrogen (secondary N) is 4. The SMILES string of the molecule is CCNC(=O)CCC(=O)O[C@@H]1C[C@H](n2cc(/C=C/C(=O)NCCNC)c(=O)[nH]c2=O)O[C@@H]1CC. The van der Waals surface area contributed by atoms with Crippen LogP contribution in [0.15, 0.2) is 21.9 Å². The van der Waals surface area contributed by atoms with Crippen LogP contribution in [0.4, 0.5) is 0 Å². The van der Waals surface area contributed by atoms with Gasteiger partial charge in [-0.3, -0.25) is 28.7 Å². The van der Waals surface area contributed by atoms with Crippen LogP contribution in [0.25, 0.3) is 6.08 Å². The van der Waals surface area contributed by atoms with E-state index in [1.165, 1.54) is 22.9 Å². The first-order chi connectivity index (χ1) is 16.3. The average Bonchev–Trinajstić information content (AvgIpc) is 3.19. The largest absolute Gasteiger partial charge is 0.459 e. The first-order valence-electron chi connectivity index (χ1n) is 11.4. The first kappa shape index (κ1) is 27.0. The molecule has 188 valence electrons. The summed E-state index contributed by atoms with van der Waals surface area (Å²) in [4.78, 5) is 62.4. The molecule has 4 N–H and O–H groups in total. The van der Waals surface area contributed by atoms with E-state index in [0.29, 0.717) is 26.1 Å². The Balaban J connectivity index is 2.08. The molecule has 2 rings (SSSR count). The van der Waals surface area contributed by atoms with Gasteiger partial charge in [0.25, 0.3) is 5.56 Å². The standard InChI is InChI=1S/C22H33N5O7/c1-4-15-16(34-20(30)9-8-17(28)24-5-2)12-19(33-15)27-13-14(21(31)26-22(27)32)6-7-18(29)25-11-10-23-3/h6-7,13,15-16,19,23H,4-5,8-12H2,1-3H3,(H,24,28)(H,25,29)(H,26,31,32)/b7-6+/t15-,16-,19-/m1/s1. The van der Waals surface area contributed by atoms with Crippen LogP contribution in [-0.4, -0.2) is 66.2 Å².